The molecule has 115 valence electrons. The molecular formula is C16H22Cl2N2Te+. The topological polar surface area (TPSA) is 6.48 Å². The van der Waals surface area contributed by atoms with Crippen LogP contribution in [0.5, 0.6) is 0 Å². The van der Waals surface area contributed by atoms with E-state index in [0.29, 0.717) is 0 Å². The Morgan fingerprint density at radius 3 is 1.10 bits per heavy atom. The van der Waals surface area contributed by atoms with Crippen LogP contribution in [0.1, 0.15) is 0 Å². The van der Waals surface area contributed by atoms with E-state index in [0.717, 1.165) is 0 Å². The van der Waals surface area contributed by atoms with Crippen molar-refractivity contribution in [1.82, 2.24) is 0 Å². The smallest absolute Gasteiger partial charge is 0.147 e. The van der Waals surface area contributed by atoms with Gasteiger partial charge < -0.3 is 0 Å². The van der Waals surface area contributed by atoms with Crippen LogP contribution in [-0.2, 0) is 0 Å². The SMILES string of the molecule is CN(C)c1ccc([Te+]c2ccc(N(C)C)cc2)cc1.Cl.Cl. The van der Waals surface area contributed by atoms with Gasteiger partial charge in [0.15, 0.2) is 0 Å². The van der Waals surface area contributed by atoms with Crippen LogP contribution in [0.15, 0.2) is 48.5 Å². The summed E-state index contributed by atoms with van der Waals surface area (Å²) in [5.74, 6) is 0. The van der Waals surface area contributed by atoms with Crippen molar-refractivity contribution in [3.63, 3.8) is 0 Å². The van der Waals surface area contributed by atoms with Gasteiger partial charge in [-0.15, -0.1) is 24.8 Å². The van der Waals surface area contributed by atoms with Gasteiger partial charge >= 0.3 is 126 Å². The van der Waals surface area contributed by atoms with E-state index in [4.69, 9.17) is 0 Å². The molecule has 0 saturated heterocycles. The largest absolute Gasteiger partial charge is 0.147 e. The molecule has 2 aromatic rings. The Hall–Kier alpha value is -0.590. The van der Waals surface area contributed by atoms with Crippen molar-refractivity contribution in [1.29, 1.82) is 0 Å². The molecule has 0 aliphatic rings. The second kappa shape index (κ2) is 9.43. The fourth-order valence-electron chi connectivity index (χ4n) is 1.76. The number of hydrogen-bond donors (Lipinski definition) is 0. The van der Waals surface area contributed by atoms with E-state index in [1.165, 1.54) is 18.6 Å². The Morgan fingerprint density at radius 1 is 0.571 bits per heavy atom. The van der Waals surface area contributed by atoms with Gasteiger partial charge in [0, 0.05) is 0 Å². The molecule has 2 nitrogen and oxygen atoms in total. The average Bonchev–Trinajstić information content (AvgIpc) is 2.40. The summed E-state index contributed by atoms with van der Waals surface area (Å²) < 4.78 is 2.96. The zero-order valence-electron chi connectivity index (χ0n) is 12.7. The molecular weight excluding hydrogens is 419 g/mol. The number of nitrogens with zero attached hydrogens (tertiary/aromatic N) is 2. The van der Waals surface area contributed by atoms with E-state index >= 15 is 0 Å². The minimum atomic E-state index is -0.267. The number of hydrogen-bond acceptors (Lipinski definition) is 2. The Bertz CT molecular complexity index is 475. The van der Waals surface area contributed by atoms with Crippen molar-refractivity contribution in [3.05, 3.63) is 48.5 Å². The van der Waals surface area contributed by atoms with Gasteiger partial charge in [0.25, 0.3) is 0 Å². The third kappa shape index (κ3) is 5.96. The maximum absolute atomic E-state index is 2.26. The van der Waals surface area contributed by atoms with Crippen LogP contribution in [-0.4, -0.2) is 49.1 Å². The van der Waals surface area contributed by atoms with E-state index in [-0.39, 0.29) is 45.7 Å². The van der Waals surface area contributed by atoms with Crippen molar-refractivity contribution in [2.45, 2.75) is 0 Å². The summed E-state index contributed by atoms with van der Waals surface area (Å²) in [5, 5.41) is 0. The molecule has 2 rings (SSSR count). The fraction of sp³-hybridized carbons (Fsp3) is 0.250. The van der Waals surface area contributed by atoms with Crippen molar-refractivity contribution in [2.24, 2.45) is 0 Å². The van der Waals surface area contributed by atoms with Crippen LogP contribution in [0.2, 0.25) is 0 Å². The zero-order chi connectivity index (χ0) is 13.8. The first-order valence-electron chi connectivity index (χ1n) is 6.29. The summed E-state index contributed by atoms with van der Waals surface area (Å²) in [4.78, 5) is 4.27. The molecule has 0 spiro atoms. The Labute approximate surface area is 150 Å². The molecule has 0 atom stereocenters. The van der Waals surface area contributed by atoms with Gasteiger partial charge in [0.1, 0.15) is 0 Å². The first-order valence-corrected chi connectivity index (χ1v) is 8.62. The van der Waals surface area contributed by atoms with Crippen LogP contribution in [0.25, 0.3) is 0 Å². The molecule has 0 amide bonds. The molecule has 0 N–H and O–H groups in total. The summed E-state index contributed by atoms with van der Waals surface area (Å²) >= 11 is -0.267. The normalized spacial score (nSPS) is 9.33. The molecule has 21 heavy (non-hydrogen) atoms. The molecule has 2 aromatic carbocycles. The standard InChI is InChI=1S/C16H20N2Te.2ClH/c1-17(2)13-5-9-15(10-6-13)19-16-11-7-14(8-12-16)18(3)4;;/h5-12H,1-4H3;2*1H/q+1;;. The summed E-state index contributed by atoms with van der Waals surface area (Å²) in [6.07, 6.45) is 0. The van der Waals surface area contributed by atoms with E-state index in [1.54, 1.807) is 0 Å². The molecule has 0 saturated carbocycles. The second-order valence-electron chi connectivity index (χ2n) is 4.88. The van der Waals surface area contributed by atoms with E-state index in [9.17, 15) is 0 Å². The molecule has 0 aliphatic heterocycles. The minimum Gasteiger partial charge on any atom is -0.147 e. The van der Waals surface area contributed by atoms with Crippen molar-refractivity contribution < 1.29 is 0 Å². The minimum absolute atomic E-state index is 0. The molecule has 0 aliphatic carbocycles. The predicted molar refractivity (Wildman–Crippen MR) is 101 cm³/mol. The summed E-state index contributed by atoms with van der Waals surface area (Å²) in [6, 6.07) is 17.9. The third-order valence-corrected chi connectivity index (χ3v) is 5.84. The maximum Gasteiger partial charge on any atom is -0.147 e. The Balaban J connectivity index is 0.00000200. The first-order chi connectivity index (χ1) is 9.06. The molecule has 0 fully saturated rings. The summed E-state index contributed by atoms with van der Waals surface area (Å²) in [7, 11) is 8.30. The van der Waals surface area contributed by atoms with Crippen LogP contribution in [0.4, 0.5) is 11.4 Å². The molecule has 0 bridgehead atoms. The van der Waals surface area contributed by atoms with Crippen LogP contribution in [0.3, 0.4) is 0 Å². The fourth-order valence-corrected chi connectivity index (χ4v) is 4.09. The molecule has 5 heteroatoms. The number of anilines is 2. The zero-order valence-corrected chi connectivity index (χ0v) is 16.7. The van der Waals surface area contributed by atoms with Gasteiger partial charge in [-0.1, -0.05) is 0 Å². The van der Waals surface area contributed by atoms with Crippen molar-refractivity contribution >= 4 is 64.3 Å². The average molecular weight is 441 g/mol. The van der Waals surface area contributed by atoms with Gasteiger partial charge in [-0.05, 0) is 0 Å². The third-order valence-electron chi connectivity index (χ3n) is 2.94. The van der Waals surface area contributed by atoms with Crippen LogP contribution >= 0.6 is 24.8 Å². The van der Waals surface area contributed by atoms with Gasteiger partial charge in [-0.3, -0.25) is 0 Å². The number of rotatable bonds is 4. The second-order valence-corrected chi connectivity index (χ2v) is 8.15. The Morgan fingerprint density at radius 2 is 0.857 bits per heavy atom. The summed E-state index contributed by atoms with van der Waals surface area (Å²) in [5.41, 5.74) is 2.53. The summed E-state index contributed by atoms with van der Waals surface area (Å²) in [6.45, 7) is 0. The number of benzene rings is 2. The molecule has 0 aromatic heterocycles. The molecule has 0 heterocycles. The van der Waals surface area contributed by atoms with Crippen LogP contribution < -0.4 is 17.0 Å². The molecule has 0 unspecified atom stereocenters. The van der Waals surface area contributed by atoms with Crippen LogP contribution in [0, 0.1) is 0 Å². The predicted octanol–water partition coefficient (Wildman–Crippen LogP) is 2.32. The molecule has 1 radical (unpaired) electrons. The van der Waals surface area contributed by atoms with Gasteiger partial charge in [0.05, 0.1) is 0 Å². The van der Waals surface area contributed by atoms with Gasteiger partial charge in [0.2, 0.25) is 0 Å². The Kier molecular flexibility index (Phi) is 9.17. The van der Waals surface area contributed by atoms with Crippen molar-refractivity contribution in [3.8, 4) is 0 Å². The first kappa shape index (κ1) is 20.4. The number of halogens is 2. The van der Waals surface area contributed by atoms with Crippen molar-refractivity contribution in [2.75, 3.05) is 38.0 Å². The van der Waals surface area contributed by atoms with E-state index in [1.807, 2.05) is 0 Å². The van der Waals surface area contributed by atoms with Gasteiger partial charge in [-0.2, -0.15) is 0 Å². The van der Waals surface area contributed by atoms with E-state index < -0.39 is 0 Å². The van der Waals surface area contributed by atoms with Gasteiger partial charge in [-0.25, -0.2) is 0 Å². The maximum atomic E-state index is 2.26. The quantitative estimate of drug-likeness (QED) is 0.673. The monoisotopic (exact) mass is 442 g/mol. The van der Waals surface area contributed by atoms with E-state index in [2.05, 4.69) is 86.5 Å².